The molecule has 25 heavy (non-hydrogen) atoms. The van der Waals surface area contributed by atoms with Crippen LogP contribution in [0.5, 0.6) is 17.2 Å². The van der Waals surface area contributed by atoms with E-state index in [1.165, 1.54) is 0 Å². The van der Waals surface area contributed by atoms with Crippen LogP contribution in [0.2, 0.25) is 0 Å². The van der Waals surface area contributed by atoms with Gasteiger partial charge in [0, 0.05) is 24.6 Å². The smallest absolute Gasteiger partial charge is 0.223 e. The minimum Gasteiger partial charge on any atom is -0.493 e. The molecular formula is C18H23N3O4. The monoisotopic (exact) mass is 345 g/mol. The highest BCUT2D eigenvalue weighted by atomic mass is 16.5. The summed E-state index contributed by atoms with van der Waals surface area (Å²) in [5.41, 5.74) is 3.04. The predicted octanol–water partition coefficient (Wildman–Crippen LogP) is 1.86. The Bertz CT molecular complexity index is 732. The zero-order valence-corrected chi connectivity index (χ0v) is 14.7. The Morgan fingerprint density at radius 1 is 1.24 bits per heavy atom. The van der Waals surface area contributed by atoms with E-state index in [0.717, 1.165) is 29.8 Å². The number of amides is 1. The summed E-state index contributed by atoms with van der Waals surface area (Å²) in [5, 5.41) is 3.01. The van der Waals surface area contributed by atoms with Gasteiger partial charge in [-0.2, -0.15) is 0 Å². The number of imidazole rings is 1. The number of rotatable bonds is 6. The highest BCUT2D eigenvalue weighted by Gasteiger charge is 2.26. The van der Waals surface area contributed by atoms with E-state index in [1.807, 2.05) is 12.1 Å². The minimum atomic E-state index is -0.0324. The SMILES string of the molecule is COc1cc(CNC(=O)C2CCc3nc[nH]c3C2)cc(OC)c1OC. The van der Waals surface area contributed by atoms with Gasteiger partial charge in [-0.1, -0.05) is 0 Å². The molecule has 0 radical (unpaired) electrons. The molecule has 134 valence electrons. The maximum Gasteiger partial charge on any atom is 0.223 e. The van der Waals surface area contributed by atoms with Crippen molar-refractivity contribution in [3.8, 4) is 17.2 Å². The molecule has 0 spiro atoms. The van der Waals surface area contributed by atoms with Crippen molar-refractivity contribution in [2.75, 3.05) is 21.3 Å². The van der Waals surface area contributed by atoms with Gasteiger partial charge in [-0.05, 0) is 30.5 Å². The van der Waals surface area contributed by atoms with Crippen LogP contribution < -0.4 is 19.5 Å². The van der Waals surface area contributed by atoms with Crippen molar-refractivity contribution in [3.63, 3.8) is 0 Å². The Balaban J connectivity index is 1.66. The molecule has 0 bridgehead atoms. The zero-order chi connectivity index (χ0) is 17.8. The first-order chi connectivity index (χ1) is 12.2. The van der Waals surface area contributed by atoms with Crippen LogP contribution in [0.25, 0.3) is 0 Å². The van der Waals surface area contributed by atoms with E-state index in [-0.39, 0.29) is 11.8 Å². The number of ether oxygens (including phenoxy) is 3. The Labute approximate surface area is 146 Å². The molecule has 1 amide bonds. The maximum atomic E-state index is 12.5. The van der Waals surface area contributed by atoms with Crippen LogP contribution in [0.1, 0.15) is 23.4 Å². The molecule has 1 heterocycles. The summed E-state index contributed by atoms with van der Waals surface area (Å²) in [7, 11) is 4.71. The number of benzene rings is 1. The molecular weight excluding hydrogens is 322 g/mol. The van der Waals surface area contributed by atoms with Gasteiger partial charge in [0.15, 0.2) is 11.5 Å². The van der Waals surface area contributed by atoms with E-state index in [0.29, 0.717) is 30.2 Å². The van der Waals surface area contributed by atoms with Crippen LogP contribution in [0.15, 0.2) is 18.5 Å². The molecule has 2 aromatic rings. The van der Waals surface area contributed by atoms with E-state index in [9.17, 15) is 4.79 Å². The van der Waals surface area contributed by atoms with Gasteiger partial charge < -0.3 is 24.5 Å². The van der Waals surface area contributed by atoms with Crippen LogP contribution in [-0.4, -0.2) is 37.2 Å². The van der Waals surface area contributed by atoms with E-state index in [4.69, 9.17) is 14.2 Å². The summed E-state index contributed by atoms with van der Waals surface area (Å²) in [6.45, 7) is 0.405. The topological polar surface area (TPSA) is 85.5 Å². The van der Waals surface area contributed by atoms with Crippen molar-refractivity contribution in [2.45, 2.75) is 25.8 Å². The number of aromatic amines is 1. The first kappa shape index (κ1) is 17.1. The number of fused-ring (bicyclic) bond motifs is 1. The molecule has 1 unspecified atom stereocenters. The molecule has 1 aliphatic rings. The van der Waals surface area contributed by atoms with Gasteiger partial charge in [-0.15, -0.1) is 0 Å². The van der Waals surface area contributed by atoms with Crippen molar-refractivity contribution < 1.29 is 19.0 Å². The van der Waals surface area contributed by atoms with E-state index >= 15 is 0 Å². The highest BCUT2D eigenvalue weighted by Crippen LogP contribution is 2.38. The first-order valence-corrected chi connectivity index (χ1v) is 8.24. The summed E-state index contributed by atoms with van der Waals surface area (Å²) < 4.78 is 16.0. The number of nitrogens with one attached hydrogen (secondary N) is 2. The van der Waals surface area contributed by atoms with Gasteiger partial charge in [0.05, 0.1) is 33.4 Å². The van der Waals surface area contributed by atoms with Crippen molar-refractivity contribution in [3.05, 3.63) is 35.4 Å². The molecule has 0 fully saturated rings. The molecule has 7 heteroatoms. The second-order valence-electron chi connectivity index (χ2n) is 6.02. The Hall–Kier alpha value is -2.70. The summed E-state index contributed by atoms with van der Waals surface area (Å²) in [6.07, 6.45) is 4.05. The maximum absolute atomic E-state index is 12.5. The number of nitrogens with zero attached hydrogens (tertiary/aromatic N) is 1. The lowest BCUT2D eigenvalue weighted by Gasteiger charge is -2.21. The lowest BCUT2D eigenvalue weighted by molar-refractivity contribution is -0.125. The Morgan fingerprint density at radius 2 is 1.96 bits per heavy atom. The Kier molecular flexibility index (Phi) is 5.11. The summed E-state index contributed by atoms with van der Waals surface area (Å²) in [4.78, 5) is 19.9. The quantitative estimate of drug-likeness (QED) is 0.835. The number of hydrogen-bond donors (Lipinski definition) is 2. The molecule has 7 nitrogen and oxygen atoms in total. The second-order valence-corrected chi connectivity index (χ2v) is 6.02. The first-order valence-electron chi connectivity index (χ1n) is 8.24. The lowest BCUT2D eigenvalue weighted by atomic mass is 9.89. The third kappa shape index (κ3) is 3.55. The van der Waals surface area contributed by atoms with E-state index in [2.05, 4.69) is 15.3 Å². The molecule has 1 aliphatic carbocycles. The molecule has 0 aliphatic heterocycles. The standard InChI is InChI=1S/C18H23N3O4/c1-23-15-6-11(7-16(24-2)17(15)25-3)9-19-18(22)12-4-5-13-14(8-12)21-10-20-13/h6-7,10,12H,4-5,8-9H2,1-3H3,(H,19,22)(H,20,21). The van der Waals surface area contributed by atoms with E-state index in [1.54, 1.807) is 27.7 Å². The third-order valence-corrected chi connectivity index (χ3v) is 4.55. The van der Waals surface area contributed by atoms with Gasteiger partial charge in [0.2, 0.25) is 11.7 Å². The van der Waals surface area contributed by atoms with Crippen LogP contribution >= 0.6 is 0 Å². The van der Waals surface area contributed by atoms with Crippen LogP contribution in [-0.2, 0) is 24.2 Å². The number of hydrogen-bond acceptors (Lipinski definition) is 5. The van der Waals surface area contributed by atoms with Crippen molar-refractivity contribution in [1.82, 2.24) is 15.3 Å². The van der Waals surface area contributed by atoms with Crippen LogP contribution in [0.4, 0.5) is 0 Å². The largest absolute Gasteiger partial charge is 0.493 e. The fourth-order valence-corrected chi connectivity index (χ4v) is 3.20. The zero-order valence-electron chi connectivity index (χ0n) is 14.7. The Morgan fingerprint density at radius 3 is 2.60 bits per heavy atom. The van der Waals surface area contributed by atoms with Gasteiger partial charge in [-0.3, -0.25) is 4.79 Å². The lowest BCUT2D eigenvalue weighted by Crippen LogP contribution is -2.33. The van der Waals surface area contributed by atoms with Crippen LogP contribution in [0, 0.1) is 5.92 Å². The fraction of sp³-hybridized carbons (Fsp3) is 0.444. The number of carbonyl (C=O) groups is 1. The summed E-state index contributed by atoms with van der Waals surface area (Å²) in [6, 6.07) is 3.69. The minimum absolute atomic E-state index is 0.0324. The third-order valence-electron chi connectivity index (χ3n) is 4.55. The highest BCUT2D eigenvalue weighted by molar-refractivity contribution is 5.79. The van der Waals surface area contributed by atoms with Crippen molar-refractivity contribution in [1.29, 1.82) is 0 Å². The molecule has 1 aromatic carbocycles. The molecule has 1 aromatic heterocycles. The van der Waals surface area contributed by atoms with Gasteiger partial charge in [0.1, 0.15) is 0 Å². The normalized spacial score (nSPS) is 16.0. The summed E-state index contributed by atoms with van der Waals surface area (Å²) >= 11 is 0. The molecule has 2 N–H and O–H groups in total. The predicted molar refractivity (Wildman–Crippen MR) is 92.0 cm³/mol. The molecule has 0 saturated heterocycles. The average molecular weight is 345 g/mol. The molecule has 1 atom stereocenters. The second kappa shape index (κ2) is 7.46. The number of H-pyrrole nitrogens is 1. The van der Waals surface area contributed by atoms with Gasteiger partial charge in [-0.25, -0.2) is 4.98 Å². The number of aryl methyl sites for hydroxylation is 1. The fourth-order valence-electron chi connectivity index (χ4n) is 3.20. The van der Waals surface area contributed by atoms with E-state index < -0.39 is 0 Å². The van der Waals surface area contributed by atoms with Gasteiger partial charge in [0.25, 0.3) is 0 Å². The molecule has 0 saturated carbocycles. The number of methoxy groups -OCH3 is 3. The number of aromatic nitrogens is 2. The van der Waals surface area contributed by atoms with Crippen molar-refractivity contribution in [2.24, 2.45) is 5.92 Å². The van der Waals surface area contributed by atoms with Gasteiger partial charge >= 0.3 is 0 Å². The number of carbonyl (C=O) groups excluding carboxylic acids is 1. The molecule has 3 rings (SSSR count). The summed E-state index contributed by atoms with van der Waals surface area (Å²) in [5.74, 6) is 1.71. The van der Waals surface area contributed by atoms with Crippen LogP contribution in [0.3, 0.4) is 0 Å². The van der Waals surface area contributed by atoms with Crippen molar-refractivity contribution >= 4 is 5.91 Å². The average Bonchev–Trinajstić information content (AvgIpc) is 3.12.